The van der Waals surface area contributed by atoms with Crippen LogP contribution >= 0.6 is 0 Å². The standard InChI is InChI=1S/C68H123NO13/c1-3-5-7-9-11-13-15-17-19-21-22-23-24-25-26-27-28-29-30-31-32-33-34-36-38-40-42-44-46-48-50-52-60(73)69-56(57(72)51-49-47-45-43-41-39-37-35-20-18-16-14-12-10-8-6-4-2)55-79-67-65(78)63(76)66(59(54-71)81-67)82-68-64(77)62(75)61(74)58(53-70)80-68/h5,7,11,13,17,19,22-23,25-26,56-59,61-68,70-72,74-78H,3-4,6,8-10,12,14-16,18,20-21,24,27-55H2,1-2H3,(H,69,73)/b7-5-,13-11-,19-17-,23-22-,26-25-. The van der Waals surface area contributed by atoms with Crippen molar-refractivity contribution in [2.75, 3.05) is 19.8 Å². The summed E-state index contributed by atoms with van der Waals surface area (Å²) in [6.45, 7) is 2.77. The van der Waals surface area contributed by atoms with Gasteiger partial charge < -0.3 is 65.1 Å². The summed E-state index contributed by atoms with van der Waals surface area (Å²) >= 11 is 0. The number of hydrogen-bond acceptors (Lipinski definition) is 13. The summed E-state index contributed by atoms with van der Waals surface area (Å²) in [6, 6.07) is -0.831. The molecular weight excluding hydrogens is 1040 g/mol. The molecule has 0 aromatic carbocycles. The number of ether oxygens (including phenoxy) is 4. The van der Waals surface area contributed by atoms with Crippen LogP contribution in [0.5, 0.6) is 0 Å². The molecule has 2 aliphatic rings. The Balaban J connectivity index is 1.66. The maximum absolute atomic E-state index is 13.3. The number of carbonyl (C=O) groups excluding carboxylic acids is 1. The number of rotatable bonds is 54. The second kappa shape index (κ2) is 53.0. The smallest absolute Gasteiger partial charge is 0.220 e. The first-order valence-corrected chi connectivity index (χ1v) is 33.5. The molecule has 0 spiro atoms. The minimum atomic E-state index is -1.78. The zero-order valence-corrected chi connectivity index (χ0v) is 51.7. The Labute approximate surface area is 498 Å². The molecule has 14 nitrogen and oxygen atoms in total. The van der Waals surface area contributed by atoms with Crippen molar-refractivity contribution >= 4 is 5.91 Å². The highest BCUT2D eigenvalue weighted by atomic mass is 16.7. The lowest BCUT2D eigenvalue weighted by atomic mass is 9.97. The Morgan fingerprint density at radius 2 is 0.841 bits per heavy atom. The van der Waals surface area contributed by atoms with E-state index in [2.05, 4.69) is 79.9 Å². The fraction of sp³-hybridized carbons (Fsp3) is 0.838. The van der Waals surface area contributed by atoms with Gasteiger partial charge in [-0.1, -0.05) is 267 Å². The highest BCUT2D eigenvalue weighted by Crippen LogP contribution is 2.30. The summed E-state index contributed by atoms with van der Waals surface area (Å²) in [6.07, 6.45) is 52.2. The van der Waals surface area contributed by atoms with E-state index in [0.29, 0.717) is 12.8 Å². The number of aliphatic hydroxyl groups is 8. The van der Waals surface area contributed by atoms with E-state index in [1.54, 1.807) is 0 Å². The summed E-state index contributed by atoms with van der Waals surface area (Å²) in [7, 11) is 0. The Morgan fingerprint density at radius 1 is 0.451 bits per heavy atom. The van der Waals surface area contributed by atoms with Crippen LogP contribution in [-0.4, -0.2) is 140 Å². The molecular formula is C68H123NO13. The van der Waals surface area contributed by atoms with Crippen molar-refractivity contribution in [2.24, 2.45) is 0 Å². The topological polar surface area (TPSA) is 228 Å². The van der Waals surface area contributed by atoms with Gasteiger partial charge in [0.1, 0.15) is 48.8 Å². The number of amides is 1. The molecule has 82 heavy (non-hydrogen) atoms. The molecule has 2 aliphatic heterocycles. The third-order valence-electron chi connectivity index (χ3n) is 16.2. The highest BCUT2D eigenvalue weighted by molar-refractivity contribution is 5.76. The van der Waals surface area contributed by atoms with Gasteiger partial charge in [-0.3, -0.25) is 4.79 Å². The summed E-state index contributed by atoms with van der Waals surface area (Å²) in [5.41, 5.74) is 0. The fourth-order valence-corrected chi connectivity index (χ4v) is 10.9. The number of nitrogens with one attached hydrogen (secondary N) is 1. The first-order chi connectivity index (χ1) is 40.1. The lowest BCUT2D eigenvalue weighted by Crippen LogP contribution is -2.65. The number of unbranched alkanes of at least 4 members (excludes halogenated alkanes) is 31. The molecule has 0 aromatic rings. The van der Waals surface area contributed by atoms with Crippen molar-refractivity contribution in [3.05, 3.63) is 60.8 Å². The van der Waals surface area contributed by atoms with E-state index in [0.717, 1.165) is 83.5 Å². The van der Waals surface area contributed by atoms with Crippen LogP contribution < -0.4 is 5.32 Å². The lowest BCUT2D eigenvalue weighted by Gasteiger charge is -2.46. The Hall–Kier alpha value is -2.31. The summed E-state index contributed by atoms with van der Waals surface area (Å²) in [4.78, 5) is 13.3. The molecule has 0 aromatic heterocycles. The number of allylic oxidation sites excluding steroid dienone is 10. The van der Waals surface area contributed by atoms with E-state index < -0.39 is 86.8 Å². The number of aliphatic hydroxyl groups excluding tert-OH is 8. The second-order valence-corrected chi connectivity index (χ2v) is 23.6. The first-order valence-electron chi connectivity index (χ1n) is 33.5. The molecule has 1 amide bonds. The molecule has 0 bridgehead atoms. The van der Waals surface area contributed by atoms with Crippen molar-refractivity contribution in [2.45, 2.75) is 344 Å². The van der Waals surface area contributed by atoms with E-state index in [1.807, 2.05) is 0 Å². The van der Waals surface area contributed by atoms with E-state index in [4.69, 9.17) is 18.9 Å². The SMILES string of the molecule is CC/C=C\C/C=C\C/C=C\C/C=C\C/C=C\CCCCCCCCCCCCCCCCCC(=O)NC(COC1OC(CO)C(OC2OC(CO)C(O)C(O)C2O)C(O)C1O)C(O)CCCCCCCCCCCCCCCCCCC. The van der Waals surface area contributed by atoms with Gasteiger partial charge in [-0.2, -0.15) is 0 Å². The van der Waals surface area contributed by atoms with Gasteiger partial charge in [0.2, 0.25) is 5.91 Å². The third-order valence-corrected chi connectivity index (χ3v) is 16.2. The molecule has 2 rings (SSSR count). The minimum absolute atomic E-state index is 0.206. The van der Waals surface area contributed by atoms with Gasteiger partial charge in [0.25, 0.3) is 0 Å². The van der Waals surface area contributed by atoms with Crippen molar-refractivity contribution in [1.82, 2.24) is 5.32 Å². The van der Waals surface area contributed by atoms with Crippen molar-refractivity contribution in [3.63, 3.8) is 0 Å². The number of carbonyl (C=O) groups is 1. The van der Waals surface area contributed by atoms with E-state index in [-0.39, 0.29) is 12.5 Å². The summed E-state index contributed by atoms with van der Waals surface area (Å²) in [5, 5.41) is 87.5. The molecule has 0 radical (unpaired) electrons. The average molecular weight is 1160 g/mol. The molecule has 12 atom stereocenters. The van der Waals surface area contributed by atoms with Crippen LogP contribution in [0.25, 0.3) is 0 Å². The normalized spacial score (nSPS) is 24.3. The van der Waals surface area contributed by atoms with Crippen LogP contribution in [0, 0.1) is 0 Å². The van der Waals surface area contributed by atoms with Gasteiger partial charge in [0, 0.05) is 6.42 Å². The molecule has 0 aliphatic carbocycles. The minimum Gasteiger partial charge on any atom is -0.394 e. The Morgan fingerprint density at radius 3 is 1.29 bits per heavy atom. The lowest BCUT2D eigenvalue weighted by molar-refractivity contribution is -0.359. The van der Waals surface area contributed by atoms with Crippen LogP contribution in [0.1, 0.15) is 271 Å². The van der Waals surface area contributed by atoms with Crippen LogP contribution in [-0.2, 0) is 23.7 Å². The van der Waals surface area contributed by atoms with Crippen molar-refractivity contribution in [3.8, 4) is 0 Å². The molecule has 14 heteroatoms. The van der Waals surface area contributed by atoms with Gasteiger partial charge in [-0.15, -0.1) is 0 Å². The Kier molecular flexibility index (Phi) is 49.0. The van der Waals surface area contributed by atoms with Crippen LogP contribution in [0.15, 0.2) is 60.8 Å². The quantitative estimate of drug-likeness (QED) is 0.0204. The second-order valence-electron chi connectivity index (χ2n) is 23.6. The van der Waals surface area contributed by atoms with Gasteiger partial charge in [-0.05, 0) is 57.8 Å². The zero-order chi connectivity index (χ0) is 59.5. The van der Waals surface area contributed by atoms with E-state index in [9.17, 15) is 45.6 Å². The summed E-state index contributed by atoms with van der Waals surface area (Å²) in [5.74, 6) is -0.206. The predicted octanol–water partition coefficient (Wildman–Crippen LogP) is 12.9. The monoisotopic (exact) mass is 1160 g/mol. The maximum atomic E-state index is 13.3. The molecule has 2 saturated heterocycles. The van der Waals surface area contributed by atoms with Gasteiger partial charge in [0.05, 0.1) is 32.0 Å². The first kappa shape index (κ1) is 75.8. The summed E-state index contributed by atoms with van der Waals surface area (Å²) < 4.78 is 22.9. The highest BCUT2D eigenvalue weighted by Gasteiger charge is 2.51. The molecule has 2 heterocycles. The van der Waals surface area contributed by atoms with Gasteiger partial charge in [-0.25, -0.2) is 0 Å². The largest absolute Gasteiger partial charge is 0.394 e. The average Bonchev–Trinajstić information content (AvgIpc) is 3.52. The van der Waals surface area contributed by atoms with Gasteiger partial charge in [0.15, 0.2) is 12.6 Å². The number of hydrogen-bond donors (Lipinski definition) is 9. The fourth-order valence-electron chi connectivity index (χ4n) is 10.9. The van der Waals surface area contributed by atoms with Crippen LogP contribution in [0.3, 0.4) is 0 Å². The van der Waals surface area contributed by atoms with E-state index in [1.165, 1.54) is 161 Å². The third kappa shape index (κ3) is 37.3. The predicted molar refractivity (Wildman–Crippen MR) is 332 cm³/mol. The molecule has 2 fully saturated rings. The molecule has 478 valence electrons. The maximum Gasteiger partial charge on any atom is 0.220 e. The van der Waals surface area contributed by atoms with Crippen LogP contribution in [0.2, 0.25) is 0 Å². The Bertz CT molecular complexity index is 1610. The van der Waals surface area contributed by atoms with Crippen molar-refractivity contribution < 1.29 is 64.6 Å². The molecule has 9 N–H and O–H groups in total. The van der Waals surface area contributed by atoms with E-state index >= 15 is 0 Å². The molecule has 0 saturated carbocycles. The van der Waals surface area contributed by atoms with Gasteiger partial charge >= 0.3 is 0 Å². The zero-order valence-electron chi connectivity index (χ0n) is 51.7. The molecule has 12 unspecified atom stereocenters. The van der Waals surface area contributed by atoms with Crippen LogP contribution in [0.4, 0.5) is 0 Å². The van der Waals surface area contributed by atoms with Crippen molar-refractivity contribution in [1.29, 1.82) is 0 Å².